The fourth-order valence-corrected chi connectivity index (χ4v) is 3.37. The quantitative estimate of drug-likeness (QED) is 0.309. The SMILES string of the molecule is O=C(CSc1n[nH]c2nc3ccccc3n12)Nc1ccc(F)cc1[N+](=O)[O-]. The van der Waals surface area contributed by atoms with E-state index in [2.05, 4.69) is 20.5 Å². The lowest BCUT2D eigenvalue weighted by molar-refractivity contribution is -0.384. The lowest BCUT2D eigenvalue weighted by atomic mass is 10.2. The van der Waals surface area contributed by atoms with Crippen LogP contribution in [0.2, 0.25) is 0 Å². The molecule has 11 heteroatoms. The van der Waals surface area contributed by atoms with Gasteiger partial charge in [0.2, 0.25) is 11.7 Å². The first-order valence-electron chi connectivity index (χ1n) is 7.71. The molecule has 0 unspecified atom stereocenters. The van der Waals surface area contributed by atoms with E-state index in [1.54, 1.807) is 4.40 Å². The number of carbonyl (C=O) groups excluding carboxylic acids is 1. The topological polar surface area (TPSA) is 118 Å². The molecule has 27 heavy (non-hydrogen) atoms. The average molecular weight is 386 g/mol. The van der Waals surface area contributed by atoms with E-state index < -0.39 is 22.3 Å². The minimum Gasteiger partial charge on any atom is -0.320 e. The maximum Gasteiger partial charge on any atom is 0.295 e. The molecule has 0 fully saturated rings. The van der Waals surface area contributed by atoms with Gasteiger partial charge in [0.1, 0.15) is 11.5 Å². The highest BCUT2D eigenvalue weighted by Gasteiger charge is 2.18. The molecular weight excluding hydrogens is 375 g/mol. The highest BCUT2D eigenvalue weighted by Crippen LogP contribution is 2.26. The molecule has 2 aromatic heterocycles. The van der Waals surface area contributed by atoms with Gasteiger partial charge in [-0.2, -0.15) is 0 Å². The lowest BCUT2D eigenvalue weighted by Crippen LogP contribution is -2.15. The zero-order valence-corrected chi connectivity index (χ0v) is 14.4. The number of para-hydroxylation sites is 2. The van der Waals surface area contributed by atoms with Crippen molar-refractivity contribution in [2.75, 3.05) is 11.1 Å². The van der Waals surface area contributed by atoms with Crippen LogP contribution in [0.15, 0.2) is 47.6 Å². The summed E-state index contributed by atoms with van der Waals surface area (Å²) in [6.07, 6.45) is 0. The predicted octanol–water partition coefficient (Wildman–Crippen LogP) is 2.99. The molecule has 0 aliphatic carbocycles. The van der Waals surface area contributed by atoms with Crippen molar-refractivity contribution in [1.29, 1.82) is 0 Å². The number of benzene rings is 2. The summed E-state index contributed by atoms with van der Waals surface area (Å²) in [6, 6.07) is 10.5. The zero-order valence-electron chi connectivity index (χ0n) is 13.5. The number of halogens is 1. The minimum atomic E-state index is -0.750. The predicted molar refractivity (Wildman–Crippen MR) is 97.3 cm³/mol. The molecule has 2 aromatic carbocycles. The van der Waals surface area contributed by atoms with Gasteiger partial charge in [-0.25, -0.2) is 14.5 Å². The van der Waals surface area contributed by atoms with Crippen LogP contribution in [0.4, 0.5) is 15.8 Å². The molecule has 0 aliphatic heterocycles. The van der Waals surface area contributed by atoms with Gasteiger partial charge in [0.05, 0.1) is 27.8 Å². The zero-order chi connectivity index (χ0) is 19.0. The van der Waals surface area contributed by atoms with Crippen LogP contribution in [0.25, 0.3) is 16.8 Å². The van der Waals surface area contributed by atoms with Gasteiger partial charge in [-0.1, -0.05) is 23.9 Å². The number of rotatable bonds is 5. The van der Waals surface area contributed by atoms with Crippen molar-refractivity contribution < 1.29 is 14.1 Å². The molecule has 4 rings (SSSR count). The summed E-state index contributed by atoms with van der Waals surface area (Å²) in [4.78, 5) is 26.8. The van der Waals surface area contributed by atoms with Crippen molar-refractivity contribution in [3.05, 3.63) is 58.4 Å². The van der Waals surface area contributed by atoms with Crippen LogP contribution in [0.3, 0.4) is 0 Å². The maximum atomic E-state index is 13.2. The van der Waals surface area contributed by atoms with E-state index in [9.17, 15) is 19.3 Å². The number of anilines is 1. The first-order valence-corrected chi connectivity index (χ1v) is 8.69. The van der Waals surface area contributed by atoms with Crippen molar-refractivity contribution >= 4 is 45.9 Å². The summed E-state index contributed by atoms with van der Waals surface area (Å²) in [6.45, 7) is 0. The molecule has 0 bridgehead atoms. The molecule has 2 N–H and O–H groups in total. The number of fused-ring (bicyclic) bond motifs is 3. The number of nitrogens with zero attached hydrogens (tertiary/aromatic N) is 4. The van der Waals surface area contributed by atoms with E-state index in [1.807, 2.05) is 24.3 Å². The molecule has 0 saturated carbocycles. The van der Waals surface area contributed by atoms with Crippen molar-refractivity contribution in [3.8, 4) is 0 Å². The maximum absolute atomic E-state index is 13.2. The van der Waals surface area contributed by atoms with Crippen LogP contribution in [0.5, 0.6) is 0 Å². The molecule has 0 saturated heterocycles. The molecule has 0 atom stereocenters. The largest absolute Gasteiger partial charge is 0.320 e. The second-order valence-corrected chi connectivity index (χ2v) is 6.46. The first-order chi connectivity index (χ1) is 13.0. The molecule has 0 radical (unpaired) electrons. The molecule has 136 valence electrons. The average Bonchev–Trinajstić information content (AvgIpc) is 3.20. The van der Waals surface area contributed by atoms with Gasteiger partial charge in [0.25, 0.3) is 5.69 Å². The standard InChI is InChI=1S/C16H11FN6O3S/c17-9-5-6-11(13(7-9)23(25)26)18-14(24)8-27-16-21-20-15-19-10-3-1-2-4-12(10)22(15)16/h1-7H,8H2,(H,18,24)(H,19,20). The third-order valence-corrected chi connectivity index (χ3v) is 4.71. The molecule has 2 heterocycles. The Bertz CT molecular complexity index is 1190. The summed E-state index contributed by atoms with van der Waals surface area (Å²) < 4.78 is 15.0. The summed E-state index contributed by atoms with van der Waals surface area (Å²) >= 11 is 1.15. The van der Waals surface area contributed by atoms with Crippen LogP contribution in [-0.2, 0) is 4.79 Å². The second kappa shape index (κ2) is 6.68. The number of aromatic nitrogens is 4. The van der Waals surface area contributed by atoms with Gasteiger partial charge in [0.15, 0.2) is 5.16 Å². The van der Waals surface area contributed by atoms with Crippen molar-refractivity contribution in [2.45, 2.75) is 5.16 Å². The Morgan fingerprint density at radius 1 is 1.33 bits per heavy atom. The highest BCUT2D eigenvalue weighted by atomic mass is 32.2. The number of thioether (sulfide) groups is 1. The molecule has 9 nitrogen and oxygen atoms in total. The Labute approximate surface area is 154 Å². The second-order valence-electron chi connectivity index (χ2n) is 5.52. The molecule has 1 amide bonds. The summed E-state index contributed by atoms with van der Waals surface area (Å²) in [5, 5.41) is 20.9. The number of amides is 1. The summed E-state index contributed by atoms with van der Waals surface area (Å²) in [5.41, 5.74) is 1.07. The Hall–Kier alpha value is -3.47. The van der Waals surface area contributed by atoms with Crippen LogP contribution < -0.4 is 5.32 Å². The fraction of sp³-hybridized carbons (Fsp3) is 0.0625. The number of hydrogen-bond acceptors (Lipinski definition) is 6. The summed E-state index contributed by atoms with van der Waals surface area (Å²) in [5.74, 6) is -0.718. The van der Waals surface area contributed by atoms with Gasteiger partial charge in [-0.05, 0) is 24.3 Å². The van der Waals surface area contributed by atoms with Gasteiger partial charge < -0.3 is 5.32 Å². The van der Waals surface area contributed by atoms with E-state index >= 15 is 0 Å². The van der Waals surface area contributed by atoms with E-state index in [0.29, 0.717) is 10.9 Å². The fourth-order valence-electron chi connectivity index (χ4n) is 2.62. The number of carbonyl (C=O) groups is 1. The van der Waals surface area contributed by atoms with Gasteiger partial charge in [-0.15, -0.1) is 5.10 Å². The van der Waals surface area contributed by atoms with E-state index in [4.69, 9.17) is 0 Å². The van der Waals surface area contributed by atoms with Crippen LogP contribution in [0, 0.1) is 15.9 Å². The molecule has 0 spiro atoms. The van der Waals surface area contributed by atoms with Crippen LogP contribution in [0.1, 0.15) is 0 Å². The molecular formula is C16H11FN6O3S. The minimum absolute atomic E-state index is 0.0407. The highest BCUT2D eigenvalue weighted by molar-refractivity contribution is 7.99. The van der Waals surface area contributed by atoms with Gasteiger partial charge >= 0.3 is 0 Å². The number of nitro benzene ring substituents is 1. The number of nitrogens with one attached hydrogen (secondary N) is 2. The first kappa shape index (κ1) is 17.0. The van der Waals surface area contributed by atoms with Crippen LogP contribution >= 0.6 is 11.8 Å². The van der Waals surface area contributed by atoms with E-state index in [-0.39, 0.29) is 11.4 Å². The third kappa shape index (κ3) is 3.19. The number of nitro groups is 1. The van der Waals surface area contributed by atoms with E-state index in [0.717, 1.165) is 41.0 Å². The number of aromatic amines is 1. The molecule has 0 aliphatic rings. The van der Waals surface area contributed by atoms with Crippen LogP contribution in [-0.4, -0.2) is 36.2 Å². The lowest BCUT2D eigenvalue weighted by Gasteiger charge is -2.05. The Balaban J connectivity index is 1.52. The van der Waals surface area contributed by atoms with Gasteiger partial charge in [0, 0.05) is 0 Å². The summed E-state index contributed by atoms with van der Waals surface area (Å²) in [7, 11) is 0. The van der Waals surface area contributed by atoms with Crippen molar-refractivity contribution in [1.82, 2.24) is 19.6 Å². The number of hydrogen-bond donors (Lipinski definition) is 2. The third-order valence-electron chi connectivity index (χ3n) is 3.77. The van der Waals surface area contributed by atoms with Gasteiger partial charge in [-0.3, -0.25) is 19.3 Å². The Morgan fingerprint density at radius 2 is 2.15 bits per heavy atom. The monoisotopic (exact) mass is 386 g/mol. The normalized spacial score (nSPS) is 11.1. The van der Waals surface area contributed by atoms with E-state index in [1.165, 1.54) is 0 Å². The number of imidazole rings is 1. The smallest absolute Gasteiger partial charge is 0.295 e. The Kier molecular flexibility index (Phi) is 4.20. The van der Waals surface area contributed by atoms with Crippen molar-refractivity contribution in [3.63, 3.8) is 0 Å². The Morgan fingerprint density at radius 3 is 2.96 bits per heavy atom. The molecule has 4 aromatic rings. The van der Waals surface area contributed by atoms with Crippen molar-refractivity contribution in [2.24, 2.45) is 0 Å². The number of H-pyrrole nitrogens is 1.